The lowest BCUT2D eigenvalue weighted by Gasteiger charge is -2.23. The van der Waals surface area contributed by atoms with Crippen molar-refractivity contribution in [3.63, 3.8) is 0 Å². The highest BCUT2D eigenvalue weighted by molar-refractivity contribution is 6.05. The number of anilines is 1. The fourth-order valence-electron chi connectivity index (χ4n) is 5.11. The summed E-state index contributed by atoms with van der Waals surface area (Å²) in [7, 11) is 0. The molecule has 6 rings (SSSR count). The molecule has 4 atom stereocenters. The number of aromatic nitrogens is 5. The number of nitrogens with two attached hydrogens (primary N) is 1. The Hall–Kier alpha value is -4.68. The minimum absolute atomic E-state index is 0.00754. The average molecular weight is 533 g/mol. The van der Waals surface area contributed by atoms with E-state index in [1.54, 1.807) is 42.7 Å². The number of halogens is 1. The number of primary amides is 1. The summed E-state index contributed by atoms with van der Waals surface area (Å²) in [6.45, 7) is 1.55. The number of hydrogen-bond acceptors (Lipinski definition) is 8. The van der Waals surface area contributed by atoms with Gasteiger partial charge in [0.05, 0.1) is 30.1 Å². The van der Waals surface area contributed by atoms with Gasteiger partial charge in [0.25, 0.3) is 5.91 Å². The smallest absolute Gasteiger partial charge is 0.269 e. The number of carbonyl (C=O) groups excluding carboxylic acids is 3. The number of amides is 3. The summed E-state index contributed by atoms with van der Waals surface area (Å²) in [4.78, 5) is 39.7. The highest BCUT2D eigenvalue weighted by atomic mass is 19.1. The van der Waals surface area contributed by atoms with E-state index in [1.165, 1.54) is 9.58 Å². The van der Waals surface area contributed by atoms with Gasteiger partial charge in [-0.15, -0.1) is 0 Å². The Morgan fingerprint density at radius 3 is 2.69 bits per heavy atom. The Morgan fingerprint density at radius 2 is 1.97 bits per heavy atom. The van der Waals surface area contributed by atoms with E-state index in [-0.39, 0.29) is 31.1 Å². The summed E-state index contributed by atoms with van der Waals surface area (Å²) in [6, 6.07) is 7.64. The van der Waals surface area contributed by atoms with E-state index in [4.69, 9.17) is 10.3 Å². The van der Waals surface area contributed by atoms with Crippen LogP contribution in [0.1, 0.15) is 41.9 Å². The van der Waals surface area contributed by atoms with Gasteiger partial charge in [-0.25, -0.2) is 4.39 Å². The topological polar surface area (TPSA) is 162 Å². The number of rotatable bonds is 7. The van der Waals surface area contributed by atoms with Crippen LogP contribution in [0, 0.1) is 5.92 Å². The van der Waals surface area contributed by atoms with E-state index >= 15 is 0 Å². The van der Waals surface area contributed by atoms with E-state index in [1.807, 2.05) is 0 Å². The maximum absolute atomic E-state index is 14.4. The molecule has 0 bridgehead atoms. The standard InChI is InChI=1S/C26H25FN8O4/c1-13-6-17(13)19-9-22(39-33-19)31-26(38)21-8-16(27)11-34(21)23(36)12-35-20-3-2-14(15-4-5-29-30-10-15)7-18(20)24(32-35)25(28)37/h2-5,7,9-10,13,16-17,21H,6,8,11-12H2,1H3,(H2,28,37)(H,31,38). The fourth-order valence-corrected chi connectivity index (χ4v) is 5.11. The lowest BCUT2D eigenvalue weighted by Crippen LogP contribution is -2.44. The van der Waals surface area contributed by atoms with Crippen molar-refractivity contribution in [3.05, 3.63) is 54.1 Å². The maximum atomic E-state index is 14.4. The molecule has 3 aromatic heterocycles. The van der Waals surface area contributed by atoms with Gasteiger partial charge in [0.2, 0.25) is 17.7 Å². The number of hydrogen-bond donors (Lipinski definition) is 2. The van der Waals surface area contributed by atoms with E-state index in [0.29, 0.717) is 22.7 Å². The summed E-state index contributed by atoms with van der Waals surface area (Å²) < 4.78 is 21.0. The van der Waals surface area contributed by atoms with Crippen LogP contribution in [0.2, 0.25) is 0 Å². The van der Waals surface area contributed by atoms with Crippen LogP contribution < -0.4 is 11.1 Å². The van der Waals surface area contributed by atoms with Crippen LogP contribution >= 0.6 is 0 Å². The van der Waals surface area contributed by atoms with Crippen molar-refractivity contribution in [1.29, 1.82) is 0 Å². The predicted molar refractivity (Wildman–Crippen MR) is 136 cm³/mol. The van der Waals surface area contributed by atoms with Crippen LogP contribution in [0.25, 0.3) is 22.0 Å². The minimum Gasteiger partial charge on any atom is -0.364 e. The van der Waals surface area contributed by atoms with E-state index in [0.717, 1.165) is 23.2 Å². The monoisotopic (exact) mass is 532 g/mol. The molecule has 1 aliphatic carbocycles. The number of likely N-dealkylation sites (tertiary alicyclic amines) is 1. The molecule has 0 radical (unpaired) electrons. The van der Waals surface area contributed by atoms with E-state index < -0.39 is 29.9 Å². The van der Waals surface area contributed by atoms with Crippen molar-refractivity contribution in [2.24, 2.45) is 11.7 Å². The van der Waals surface area contributed by atoms with Crippen molar-refractivity contribution in [2.45, 2.75) is 44.4 Å². The number of nitrogens with one attached hydrogen (secondary N) is 1. The van der Waals surface area contributed by atoms with E-state index in [9.17, 15) is 18.8 Å². The van der Waals surface area contributed by atoms with Gasteiger partial charge >= 0.3 is 0 Å². The summed E-state index contributed by atoms with van der Waals surface area (Å²) >= 11 is 0. The number of benzene rings is 1. The van der Waals surface area contributed by atoms with E-state index in [2.05, 4.69) is 32.7 Å². The van der Waals surface area contributed by atoms with Crippen LogP contribution in [-0.2, 0) is 16.1 Å². The molecule has 2 aliphatic rings. The molecule has 1 saturated heterocycles. The Labute approximate surface area is 221 Å². The molecule has 2 fully saturated rings. The maximum Gasteiger partial charge on any atom is 0.269 e. The molecule has 1 aliphatic heterocycles. The van der Waals surface area contributed by atoms with Crippen molar-refractivity contribution in [3.8, 4) is 11.1 Å². The largest absolute Gasteiger partial charge is 0.364 e. The highest BCUT2D eigenvalue weighted by Crippen LogP contribution is 2.46. The molecule has 4 aromatic rings. The zero-order valence-electron chi connectivity index (χ0n) is 21.0. The Bertz CT molecular complexity index is 1590. The molecule has 39 heavy (non-hydrogen) atoms. The summed E-state index contributed by atoms with van der Waals surface area (Å²) in [6.07, 6.45) is 2.63. The Balaban J connectivity index is 1.22. The summed E-state index contributed by atoms with van der Waals surface area (Å²) in [5.41, 5.74) is 8.35. The summed E-state index contributed by atoms with van der Waals surface area (Å²) in [5, 5.41) is 19.0. The van der Waals surface area contributed by atoms with Crippen LogP contribution in [0.4, 0.5) is 10.3 Å². The molecule has 3 N–H and O–H groups in total. The predicted octanol–water partition coefficient (Wildman–Crippen LogP) is 2.28. The number of carbonyl (C=O) groups is 3. The van der Waals surface area contributed by atoms with Gasteiger partial charge in [0.15, 0.2) is 5.69 Å². The third-order valence-electron chi connectivity index (χ3n) is 7.32. The first kappa shape index (κ1) is 24.6. The van der Waals surface area contributed by atoms with Crippen molar-refractivity contribution in [2.75, 3.05) is 11.9 Å². The van der Waals surface area contributed by atoms with Gasteiger partial charge in [-0.1, -0.05) is 18.1 Å². The first-order valence-corrected chi connectivity index (χ1v) is 12.6. The van der Waals surface area contributed by atoms with Crippen LogP contribution in [0.3, 0.4) is 0 Å². The first-order valence-electron chi connectivity index (χ1n) is 12.6. The van der Waals surface area contributed by atoms with Crippen LogP contribution in [0.5, 0.6) is 0 Å². The third kappa shape index (κ3) is 4.71. The second kappa shape index (κ2) is 9.57. The Morgan fingerprint density at radius 1 is 1.15 bits per heavy atom. The summed E-state index contributed by atoms with van der Waals surface area (Å²) in [5.74, 6) is -0.858. The lowest BCUT2D eigenvalue weighted by molar-refractivity contribution is -0.137. The SMILES string of the molecule is CC1CC1c1cc(NC(=O)C2CC(F)CN2C(=O)Cn2nc(C(N)=O)c3cc(-c4ccnnc4)ccc32)on1. The fraction of sp³-hybridized carbons (Fsp3) is 0.346. The second-order valence-corrected chi connectivity index (χ2v) is 10.1. The Kier molecular flexibility index (Phi) is 6.04. The normalized spacial score (nSPS) is 22.3. The van der Waals surface area contributed by atoms with Crippen molar-refractivity contribution < 1.29 is 23.3 Å². The average Bonchev–Trinajstić information content (AvgIpc) is 3.26. The van der Waals surface area contributed by atoms with Gasteiger partial charge < -0.3 is 15.2 Å². The molecule has 0 spiro atoms. The molecular weight excluding hydrogens is 507 g/mol. The number of alkyl halides is 1. The molecule has 12 nitrogen and oxygen atoms in total. The zero-order chi connectivity index (χ0) is 27.3. The quantitative estimate of drug-likeness (QED) is 0.366. The van der Waals surface area contributed by atoms with Crippen LogP contribution in [-0.4, -0.2) is 66.5 Å². The molecule has 13 heteroatoms. The van der Waals surface area contributed by atoms with Gasteiger partial charge in [-0.05, 0) is 36.1 Å². The zero-order valence-corrected chi connectivity index (χ0v) is 21.0. The third-order valence-corrected chi connectivity index (χ3v) is 7.32. The molecule has 3 amide bonds. The van der Waals surface area contributed by atoms with Gasteiger partial charge in [-0.3, -0.25) is 24.4 Å². The lowest BCUT2D eigenvalue weighted by atomic mass is 10.0. The molecule has 4 unspecified atom stereocenters. The molecule has 4 heterocycles. The van der Waals surface area contributed by atoms with Crippen molar-refractivity contribution in [1.82, 2.24) is 30.0 Å². The van der Waals surface area contributed by atoms with Crippen LogP contribution in [0.15, 0.2) is 47.2 Å². The number of nitrogens with zero attached hydrogens (tertiary/aromatic N) is 6. The molecule has 1 aromatic carbocycles. The molecular formula is C26H25FN8O4. The van der Waals surface area contributed by atoms with Gasteiger partial charge in [0.1, 0.15) is 18.8 Å². The molecule has 200 valence electrons. The second-order valence-electron chi connectivity index (χ2n) is 10.1. The van der Waals surface area contributed by atoms with Crippen molar-refractivity contribution >= 4 is 34.5 Å². The first-order chi connectivity index (χ1) is 18.8. The number of fused-ring (bicyclic) bond motifs is 1. The molecule has 1 saturated carbocycles. The highest BCUT2D eigenvalue weighted by Gasteiger charge is 2.41. The minimum atomic E-state index is -1.37. The van der Waals surface area contributed by atoms with Gasteiger partial charge in [-0.2, -0.15) is 15.3 Å². The van der Waals surface area contributed by atoms with Gasteiger partial charge in [0, 0.05) is 29.4 Å².